The quantitative estimate of drug-likeness (QED) is 0.709. The second-order valence-corrected chi connectivity index (χ2v) is 7.55. The number of hydrogen-bond acceptors (Lipinski definition) is 5. The first-order valence-corrected chi connectivity index (χ1v) is 9.33. The number of rotatable bonds is 5. The predicted octanol–water partition coefficient (Wildman–Crippen LogP) is 4.03. The molecule has 1 heterocycles. The molecule has 0 saturated carbocycles. The number of anilines is 1. The van der Waals surface area contributed by atoms with Gasteiger partial charge in [-0.2, -0.15) is 0 Å². The maximum absolute atomic E-state index is 12.5. The van der Waals surface area contributed by atoms with Gasteiger partial charge in [-0.05, 0) is 42.5 Å². The summed E-state index contributed by atoms with van der Waals surface area (Å²) < 4.78 is 35.4. The lowest BCUT2D eigenvalue weighted by atomic mass is 10.3. The topological polar surface area (TPSA) is 85.6 Å². The van der Waals surface area contributed by atoms with E-state index in [4.69, 9.17) is 20.8 Å². The van der Waals surface area contributed by atoms with E-state index in [1.807, 2.05) is 0 Å². The molecule has 3 rings (SSSR count). The van der Waals surface area contributed by atoms with Gasteiger partial charge < -0.3 is 14.5 Å². The van der Waals surface area contributed by atoms with Crippen molar-refractivity contribution in [1.82, 2.24) is 0 Å². The van der Waals surface area contributed by atoms with Gasteiger partial charge in [0.25, 0.3) is 5.91 Å². The molecule has 0 aliphatic rings. The van der Waals surface area contributed by atoms with E-state index < -0.39 is 15.7 Å². The summed E-state index contributed by atoms with van der Waals surface area (Å²) in [4.78, 5) is 12.5. The minimum absolute atomic E-state index is 0.0813. The third kappa shape index (κ3) is 3.58. The van der Waals surface area contributed by atoms with Crippen LogP contribution < -0.4 is 10.1 Å². The summed E-state index contributed by atoms with van der Waals surface area (Å²) in [7, 11) is -2.38. The molecule has 1 aromatic heterocycles. The molecule has 26 heavy (non-hydrogen) atoms. The Morgan fingerprint density at radius 2 is 1.81 bits per heavy atom. The summed E-state index contributed by atoms with van der Waals surface area (Å²) in [5.74, 6) is -0.368. The predicted molar refractivity (Wildman–Crippen MR) is 96.6 cm³/mol. The monoisotopic (exact) mass is 391 g/mol. The third-order valence-corrected chi connectivity index (χ3v) is 5.41. The highest BCUT2D eigenvalue weighted by molar-refractivity contribution is 7.91. The van der Waals surface area contributed by atoms with Crippen LogP contribution in [0.2, 0.25) is 5.02 Å². The number of halogens is 1. The number of nitrogens with one attached hydrogen (secondary N) is 1. The van der Waals surface area contributed by atoms with Crippen LogP contribution in [0.15, 0.2) is 75.1 Å². The van der Waals surface area contributed by atoms with Gasteiger partial charge >= 0.3 is 0 Å². The minimum Gasteiger partial charge on any atom is -0.495 e. The van der Waals surface area contributed by atoms with Gasteiger partial charge in [0, 0.05) is 5.02 Å². The number of methoxy groups -OCH3 is 1. The Kier molecular flexibility index (Phi) is 5.01. The van der Waals surface area contributed by atoms with Crippen LogP contribution in [0.4, 0.5) is 5.69 Å². The molecular formula is C18H14ClNO5S. The molecule has 0 radical (unpaired) electrons. The normalized spacial score (nSPS) is 11.2. The average molecular weight is 392 g/mol. The largest absolute Gasteiger partial charge is 0.495 e. The highest BCUT2D eigenvalue weighted by Crippen LogP contribution is 2.29. The van der Waals surface area contributed by atoms with Gasteiger partial charge in [-0.25, -0.2) is 8.42 Å². The number of amides is 1. The molecule has 0 spiro atoms. The van der Waals surface area contributed by atoms with Crippen molar-refractivity contribution in [3.05, 3.63) is 71.4 Å². The lowest BCUT2D eigenvalue weighted by Gasteiger charge is -2.09. The highest BCUT2D eigenvalue weighted by atomic mass is 35.5. The third-order valence-electron chi connectivity index (χ3n) is 3.53. The summed E-state index contributed by atoms with van der Waals surface area (Å²) >= 11 is 5.93. The summed E-state index contributed by atoms with van der Waals surface area (Å²) in [6.45, 7) is 0. The zero-order valence-corrected chi connectivity index (χ0v) is 15.2. The SMILES string of the molecule is COc1ccc(Cl)cc1NC(=O)c1ccc(S(=O)(=O)c2ccccc2)o1. The van der Waals surface area contributed by atoms with Gasteiger partial charge in [0.1, 0.15) is 5.75 Å². The molecule has 3 aromatic rings. The summed E-state index contributed by atoms with van der Waals surface area (Å²) in [6.07, 6.45) is 0. The van der Waals surface area contributed by atoms with Crippen LogP contribution in [0.25, 0.3) is 0 Å². The number of carbonyl (C=O) groups is 1. The number of ether oxygens (including phenoxy) is 1. The standard InChI is InChI=1S/C18H14ClNO5S/c1-24-15-8-7-12(19)11-14(15)20-18(21)16-9-10-17(25-16)26(22,23)13-5-3-2-4-6-13/h2-11H,1H3,(H,20,21). The molecule has 0 atom stereocenters. The molecule has 0 aliphatic heterocycles. The van der Waals surface area contributed by atoms with Gasteiger partial charge in [-0.1, -0.05) is 29.8 Å². The molecule has 0 unspecified atom stereocenters. The highest BCUT2D eigenvalue weighted by Gasteiger charge is 2.23. The van der Waals surface area contributed by atoms with Crippen LogP contribution in [-0.2, 0) is 9.84 Å². The summed E-state index contributed by atoms with van der Waals surface area (Å²) in [5.41, 5.74) is 0.342. The Hall–Kier alpha value is -2.77. The first-order chi connectivity index (χ1) is 12.4. The Morgan fingerprint density at radius 1 is 1.08 bits per heavy atom. The van der Waals surface area contributed by atoms with E-state index in [0.717, 1.165) is 0 Å². The Labute approximate surface area is 155 Å². The van der Waals surface area contributed by atoms with Gasteiger partial charge in [0.05, 0.1) is 17.7 Å². The van der Waals surface area contributed by atoms with E-state index in [2.05, 4.69) is 5.32 Å². The molecule has 0 aliphatic carbocycles. The van der Waals surface area contributed by atoms with E-state index in [-0.39, 0.29) is 15.7 Å². The van der Waals surface area contributed by atoms with Crippen molar-refractivity contribution >= 4 is 33.0 Å². The summed E-state index contributed by atoms with van der Waals surface area (Å²) in [5, 5.41) is 2.68. The first-order valence-electron chi connectivity index (χ1n) is 7.46. The maximum atomic E-state index is 12.5. The van der Waals surface area contributed by atoms with E-state index in [1.54, 1.807) is 30.3 Å². The lowest BCUT2D eigenvalue weighted by molar-refractivity contribution is 0.0991. The second-order valence-electron chi connectivity index (χ2n) is 5.23. The zero-order valence-electron chi connectivity index (χ0n) is 13.6. The number of benzene rings is 2. The van der Waals surface area contributed by atoms with E-state index in [9.17, 15) is 13.2 Å². The van der Waals surface area contributed by atoms with Crippen molar-refractivity contribution in [1.29, 1.82) is 0 Å². The van der Waals surface area contributed by atoms with Crippen molar-refractivity contribution in [2.24, 2.45) is 0 Å². The molecule has 134 valence electrons. The molecular weight excluding hydrogens is 378 g/mol. The maximum Gasteiger partial charge on any atom is 0.291 e. The number of carbonyl (C=O) groups excluding carboxylic acids is 1. The van der Waals surface area contributed by atoms with Gasteiger partial charge in [0.15, 0.2) is 5.76 Å². The lowest BCUT2D eigenvalue weighted by Crippen LogP contribution is -2.12. The molecule has 1 amide bonds. The van der Waals surface area contributed by atoms with E-state index >= 15 is 0 Å². The molecule has 1 N–H and O–H groups in total. The smallest absolute Gasteiger partial charge is 0.291 e. The second kappa shape index (κ2) is 7.23. The van der Waals surface area contributed by atoms with Crippen LogP contribution in [-0.4, -0.2) is 21.4 Å². The van der Waals surface area contributed by atoms with Crippen molar-refractivity contribution in [2.45, 2.75) is 9.99 Å². The van der Waals surface area contributed by atoms with Gasteiger partial charge in [-0.15, -0.1) is 0 Å². The number of furan rings is 1. The zero-order chi connectivity index (χ0) is 18.7. The van der Waals surface area contributed by atoms with Crippen LogP contribution in [0, 0.1) is 0 Å². The van der Waals surface area contributed by atoms with Crippen molar-refractivity contribution in [2.75, 3.05) is 12.4 Å². The Morgan fingerprint density at radius 3 is 2.50 bits per heavy atom. The van der Waals surface area contributed by atoms with E-state index in [1.165, 1.54) is 37.4 Å². The van der Waals surface area contributed by atoms with Crippen molar-refractivity contribution < 1.29 is 22.4 Å². The Balaban J connectivity index is 1.86. The number of sulfone groups is 1. The van der Waals surface area contributed by atoms with Crippen LogP contribution >= 0.6 is 11.6 Å². The molecule has 0 fully saturated rings. The molecule has 0 saturated heterocycles. The molecule has 0 bridgehead atoms. The van der Waals surface area contributed by atoms with Crippen LogP contribution in [0.1, 0.15) is 10.6 Å². The van der Waals surface area contributed by atoms with Gasteiger partial charge in [0.2, 0.25) is 14.9 Å². The van der Waals surface area contributed by atoms with Crippen LogP contribution in [0.5, 0.6) is 5.75 Å². The summed E-state index contributed by atoms with van der Waals surface area (Å²) in [6, 6.07) is 15.1. The first kappa shape index (κ1) is 18.0. The molecule has 6 nitrogen and oxygen atoms in total. The minimum atomic E-state index is -3.84. The van der Waals surface area contributed by atoms with E-state index in [0.29, 0.717) is 16.5 Å². The van der Waals surface area contributed by atoms with Gasteiger partial charge in [-0.3, -0.25) is 4.79 Å². The fourth-order valence-electron chi connectivity index (χ4n) is 2.26. The fourth-order valence-corrected chi connectivity index (χ4v) is 3.63. The van der Waals surface area contributed by atoms with Crippen LogP contribution in [0.3, 0.4) is 0 Å². The van der Waals surface area contributed by atoms with Crippen molar-refractivity contribution in [3.8, 4) is 5.75 Å². The Bertz CT molecular complexity index is 1040. The number of hydrogen-bond donors (Lipinski definition) is 1. The molecule has 8 heteroatoms. The van der Waals surface area contributed by atoms with Crippen molar-refractivity contribution in [3.63, 3.8) is 0 Å². The fraction of sp³-hybridized carbons (Fsp3) is 0.0556. The average Bonchev–Trinajstić information content (AvgIpc) is 3.14. The molecule has 2 aromatic carbocycles.